The van der Waals surface area contributed by atoms with Gasteiger partial charge in [-0.3, -0.25) is 14.4 Å². The van der Waals surface area contributed by atoms with Crippen LogP contribution in [0.25, 0.3) is 0 Å². The molecule has 0 aromatic heterocycles. The highest BCUT2D eigenvalue weighted by Crippen LogP contribution is 2.13. The molecule has 0 aromatic rings. The van der Waals surface area contributed by atoms with Gasteiger partial charge in [0.1, 0.15) is 13.2 Å². The molecule has 0 amide bonds. The monoisotopic (exact) mass is 701 g/mol. The summed E-state index contributed by atoms with van der Waals surface area (Å²) in [5, 5.41) is 0. The van der Waals surface area contributed by atoms with Gasteiger partial charge in [0.15, 0.2) is 6.10 Å². The normalized spacial score (nSPS) is 12.5. The largest absolute Gasteiger partial charge is 0.462 e. The van der Waals surface area contributed by atoms with E-state index < -0.39 is 6.10 Å². The van der Waals surface area contributed by atoms with E-state index >= 15 is 0 Å². The van der Waals surface area contributed by atoms with E-state index in [1.54, 1.807) is 0 Å². The molecule has 288 valence electrons. The molecule has 0 fully saturated rings. The fraction of sp³-hybridized carbons (Fsp3) is 0.750. The molecule has 0 radical (unpaired) electrons. The Morgan fingerprint density at radius 2 is 0.820 bits per heavy atom. The lowest BCUT2D eigenvalue weighted by Crippen LogP contribution is -2.30. The molecule has 0 N–H and O–H groups in total. The minimum absolute atomic E-state index is 0.0941. The van der Waals surface area contributed by atoms with Crippen molar-refractivity contribution in [2.45, 2.75) is 200 Å². The molecule has 1 atom stereocenters. The average molecular weight is 701 g/mol. The Kier molecular flexibility index (Phi) is 37.1. The summed E-state index contributed by atoms with van der Waals surface area (Å²) in [5.41, 5.74) is 0. The number of esters is 3. The zero-order chi connectivity index (χ0) is 36.6. The topological polar surface area (TPSA) is 78.9 Å². The van der Waals surface area contributed by atoms with E-state index in [2.05, 4.69) is 69.4 Å². The lowest BCUT2D eigenvalue weighted by atomic mass is 10.1. The van der Waals surface area contributed by atoms with Gasteiger partial charge in [-0.1, -0.05) is 159 Å². The van der Waals surface area contributed by atoms with Crippen LogP contribution in [0.1, 0.15) is 194 Å². The molecule has 1 unspecified atom stereocenters. The molecular formula is C44H76O6. The van der Waals surface area contributed by atoms with Crippen LogP contribution in [-0.2, 0) is 28.6 Å². The maximum absolute atomic E-state index is 12.6. The first-order valence-electron chi connectivity index (χ1n) is 20.6. The first kappa shape index (κ1) is 47.4. The molecule has 0 spiro atoms. The highest BCUT2D eigenvalue weighted by atomic mass is 16.6. The fourth-order valence-electron chi connectivity index (χ4n) is 5.44. The maximum Gasteiger partial charge on any atom is 0.306 e. The number of allylic oxidation sites excluding steroid dienone is 8. The van der Waals surface area contributed by atoms with E-state index in [4.69, 9.17) is 14.2 Å². The Morgan fingerprint density at radius 3 is 1.38 bits per heavy atom. The van der Waals surface area contributed by atoms with Crippen molar-refractivity contribution in [1.29, 1.82) is 0 Å². The molecule has 6 heteroatoms. The summed E-state index contributed by atoms with van der Waals surface area (Å²) < 4.78 is 16.6. The molecule has 0 aromatic carbocycles. The van der Waals surface area contributed by atoms with Crippen LogP contribution in [0.3, 0.4) is 0 Å². The Balaban J connectivity index is 4.46. The number of hydrogen-bond donors (Lipinski definition) is 0. The third kappa shape index (κ3) is 36.6. The first-order valence-corrected chi connectivity index (χ1v) is 20.6. The molecule has 0 saturated heterocycles. The smallest absolute Gasteiger partial charge is 0.306 e. The van der Waals surface area contributed by atoms with Gasteiger partial charge in [0.2, 0.25) is 0 Å². The zero-order valence-corrected chi connectivity index (χ0v) is 32.7. The van der Waals surface area contributed by atoms with Crippen LogP contribution < -0.4 is 0 Å². The molecule has 0 aliphatic carbocycles. The van der Waals surface area contributed by atoms with Gasteiger partial charge in [-0.15, -0.1) is 0 Å². The van der Waals surface area contributed by atoms with Gasteiger partial charge in [-0.2, -0.15) is 0 Å². The fourth-order valence-corrected chi connectivity index (χ4v) is 5.44. The summed E-state index contributed by atoms with van der Waals surface area (Å²) in [5.74, 6) is -0.970. The van der Waals surface area contributed by atoms with Gasteiger partial charge in [0.05, 0.1) is 0 Å². The molecule has 0 heterocycles. The Morgan fingerprint density at radius 1 is 0.420 bits per heavy atom. The lowest BCUT2D eigenvalue weighted by Gasteiger charge is -2.18. The summed E-state index contributed by atoms with van der Waals surface area (Å²) in [4.78, 5) is 37.5. The summed E-state index contributed by atoms with van der Waals surface area (Å²) in [6, 6.07) is 0. The van der Waals surface area contributed by atoms with E-state index in [0.29, 0.717) is 19.3 Å². The third-order valence-corrected chi connectivity index (χ3v) is 8.57. The predicted molar refractivity (Wildman–Crippen MR) is 210 cm³/mol. The van der Waals surface area contributed by atoms with Crippen LogP contribution in [0.4, 0.5) is 0 Å². The van der Waals surface area contributed by atoms with Crippen LogP contribution in [-0.4, -0.2) is 37.2 Å². The Hall–Kier alpha value is -2.63. The number of carbonyl (C=O) groups is 3. The summed E-state index contributed by atoms with van der Waals surface area (Å²) in [7, 11) is 0. The second-order valence-electron chi connectivity index (χ2n) is 13.5. The van der Waals surface area contributed by atoms with Crippen molar-refractivity contribution in [2.75, 3.05) is 13.2 Å². The number of carbonyl (C=O) groups excluding carboxylic acids is 3. The summed E-state index contributed by atoms with van der Waals surface area (Å²) in [6.45, 7) is 6.38. The van der Waals surface area contributed by atoms with Crippen molar-refractivity contribution < 1.29 is 28.6 Å². The molecule has 0 aliphatic rings. The quantitative estimate of drug-likeness (QED) is 0.0280. The number of unbranched alkanes of at least 4 members (excludes halogenated alkanes) is 17. The van der Waals surface area contributed by atoms with E-state index in [0.717, 1.165) is 83.5 Å². The van der Waals surface area contributed by atoms with Crippen LogP contribution in [0.2, 0.25) is 0 Å². The van der Waals surface area contributed by atoms with Gasteiger partial charge in [-0.25, -0.2) is 0 Å². The molecule has 0 aliphatic heterocycles. The van der Waals surface area contributed by atoms with E-state index in [1.807, 2.05) is 0 Å². The minimum Gasteiger partial charge on any atom is -0.462 e. The third-order valence-electron chi connectivity index (χ3n) is 8.57. The maximum atomic E-state index is 12.6. The standard InChI is InChI=1S/C44H76O6/c1-4-7-10-13-16-19-22-25-28-31-34-37-43(46)49-40-41(39-48-42(45)36-33-30-27-24-21-18-15-12-9-6-3)50-44(47)38-35-32-29-26-23-20-17-14-11-8-5-2/h7,10,15-16,18-19,25,28,41H,4-6,8-9,11-14,17,20-24,26-27,29-40H2,1-3H3/b10-7-,18-15-,19-16-,28-25-. The van der Waals surface area contributed by atoms with E-state index in [1.165, 1.54) is 64.2 Å². The minimum atomic E-state index is -0.790. The lowest BCUT2D eigenvalue weighted by molar-refractivity contribution is -0.167. The van der Waals surface area contributed by atoms with Crippen LogP contribution in [0.5, 0.6) is 0 Å². The SMILES string of the molecule is CC/C=C\C/C=C\C/C=C\CCCC(=O)OCC(COC(=O)CCCCCC/C=C\CCCC)OC(=O)CCCCCCCCCCCCC. The van der Waals surface area contributed by atoms with Crippen molar-refractivity contribution >= 4 is 17.9 Å². The predicted octanol–water partition coefficient (Wildman–Crippen LogP) is 12.8. The Bertz CT molecular complexity index is 902. The van der Waals surface area contributed by atoms with Crippen LogP contribution >= 0.6 is 0 Å². The average Bonchev–Trinajstić information content (AvgIpc) is 3.11. The number of hydrogen-bond acceptors (Lipinski definition) is 6. The molecule has 50 heavy (non-hydrogen) atoms. The second-order valence-corrected chi connectivity index (χ2v) is 13.5. The summed E-state index contributed by atoms with van der Waals surface area (Å²) >= 11 is 0. The van der Waals surface area contributed by atoms with Crippen molar-refractivity contribution in [2.24, 2.45) is 0 Å². The molecule has 0 bridgehead atoms. The van der Waals surface area contributed by atoms with Crippen molar-refractivity contribution in [1.82, 2.24) is 0 Å². The highest BCUT2D eigenvalue weighted by molar-refractivity contribution is 5.71. The number of rotatable bonds is 36. The van der Waals surface area contributed by atoms with E-state index in [9.17, 15) is 14.4 Å². The van der Waals surface area contributed by atoms with Crippen molar-refractivity contribution in [3.05, 3.63) is 48.6 Å². The van der Waals surface area contributed by atoms with Gasteiger partial charge in [-0.05, 0) is 64.2 Å². The molecular weight excluding hydrogens is 624 g/mol. The number of ether oxygens (including phenoxy) is 3. The van der Waals surface area contributed by atoms with E-state index in [-0.39, 0.29) is 37.5 Å². The Labute approximate surface area is 307 Å². The van der Waals surface area contributed by atoms with Crippen LogP contribution in [0.15, 0.2) is 48.6 Å². The molecule has 0 saturated carbocycles. The second kappa shape index (κ2) is 39.2. The van der Waals surface area contributed by atoms with Gasteiger partial charge >= 0.3 is 17.9 Å². The first-order chi connectivity index (χ1) is 24.5. The zero-order valence-electron chi connectivity index (χ0n) is 32.7. The van der Waals surface area contributed by atoms with Crippen LogP contribution in [0, 0.1) is 0 Å². The van der Waals surface area contributed by atoms with Crippen molar-refractivity contribution in [3.8, 4) is 0 Å². The summed E-state index contributed by atoms with van der Waals surface area (Å²) in [6.07, 6.45) is 43.9. The molecule has 6 nitrogen and oxygen atoms in total. The highest BCUT2D eigenvalue weighted by Gasteiger charge is 2.19. The van der Waals surface area contributed by atoms with Gasteiger partial charge in [0.25, 0.3) is 0 Å². The van der Waals surface area contributed by atoms with Crippen molar-refractivity contribution in [3.63, 3.8) is 0 Å². The molecule has 0 rings (SSSR count). The van der Waals surface area contributed by atoms with Gasteiger partial charge < -0.3 is 14.2 Å². The van der Waals surface area contributed by atoms with Gasteiger partial charge in [0, 0.05) is 19.3 Å².